The van der Waals surface area contributed by atoms with Crippen LogP contribution in [0.4, 0.5) is 0 Å². The lowest BCUT2D eigenvalue weighted by molar-refractivity contribution is 0.669. The van der Waals surface area contributed by atoms with Gasteiger partial charge in [-0.1, -0.05) is 146 Å². The van der Waals surface area contributed by atoms with E-state index in [0.717, 1.165) is 16.6 Å². The zero-order valence-corrected chi connectivity index (χ0v) is 26.6. The zero-order chi connectivity index (χ0) is 32.1. The normalized spacial score (nSPS) is 12.1. The molecule has 0 spiro atoms. The highest BCUT2D eigenvalue weighted by Gasteiger charge is 2.20. The average Bonchev–Trinajstić information content (AvgIpc) is 3.55. The number of benzene rings is 10. The maximum Gasteiger partial charge on any atom is 0.136 e. The summed E-state index contributed by atoms with van der Waals surface area (Å²) in [7, 11) is 0. The molecule has 0 aliphatic rings. The molecule has 0 N–H and O–H groups in total. The summed E-state index contributed by atoms with van der Waals surface area (Å²) in [6.45, 7) is 0. The first-order chi connectivity index (χ1) is 24.3. The standard InChI is InChI=1S/C48H28O/c1-2-14-31-29(12-1)13-11-22-34(31)46-37-19-7-5-17-35(37)45(36-18-6-8-20-38(36)46)30-24-25-40-42(28-30)33-16-4-3-15-32(33)39-26-27-44-48(47(39)40)41-21-9-10-23-43(41)49-44/h1-28H. The largest absolute Gasteiger partial charge is 0.456 e. The molecule has 0 aliphatic carbocycles. The average molecular weight is 621 g/mol. The van der Waals surface area contributed by atoms with E-state index in [1.165, 1.54) is 92.3 Å². The smallest absolute Gasteiger partial charge is 0.136 e. The fourth-order valence-electron chi connectivity index (χ4n) is 8.59. The Hall–Kier alpha value is -6.44. The van der Waals surface area contributed by atoms with Crippen molar-refractivity contribution in [1.29, 1.82) is 0 Å². The van der Waals surface area contributed by atoms with E-state index in [0.29, 0.717) is 0 Å². The highest BCUT2D eigenvalue weighted by Crippen LogP contribution is 2.47. The molecular formula is C48H28O. The number of fused-ring (bicyclic) bond motifs is 13. The van der Waals surface area contributed by atoms with Gasteiger partial charge < -0.3 is 4.42 Å². The molecule has 0 fully saturated rings. The van der Waals surface area contributed by atoms with Gasteiger partial charge in [0.15, 0.2) is 0 Å². The molecule has 226 valence electrons. The lowest BCUT2D eigenvalue weighted by Crippen LogP contribution is -1.92. The first-order valence-corrected chi connectivity index (χ1v) is 16.9. The van der Waals surface area contributed by atoms with Crippen molar-refractivity contribution < 1.29 is 4.42 Å². The molecule has 0 radical (unpaired) electrons. The number of rotatable bonds is 2. The summed E-state index contributed by atoms with van der Waals surface area (Å²) >= 11 is 0. The molecule has 1 nitrogen and oxygen atoms in total. The van der Waals surface area contributed by atoms with Crippen molar-refractivity contribution in [3.8, 4) is 22.3 Å². The number of hydrogen-bond donors (Lipinski definition) is 0. The van der Waals surface area contributed by atoms with Gasteiger partial charge in [0, 0.05) is 16.2 Å². The molecule has 1 aromatic heterocycles. The predicted molar refractivity (Wildman–Crippen MR) is 210 cm³/mol. The van der Waals surface area contributed by atoms with Crippen LogP contribution in [-0.4, -0.2) is 0 Å². The molecule has 1 heteroatoms. The Balaban J connectivity index is 1.28. The maximum absolute atomic E-state index is 6.39. The SMILES string of the molecule is c1ccc2c(-c3c4ccccc4c(-c4ccc5c(c4)c4ccccc4c4ccc6oc7ccccc7c6c45)c4ccccc34)cccc2c1. The molecule has 0 saturated heterocycles. The van der Waals surface area contributed by atoms with Crippen LogP contribution < -0.4 is 0 Å². The molecular weight excluding hydrogens is 593 g/mol. The van der Waals surface area contributed by atoms with Crippen LogP contribution >= 0.6 is 0 Å². The van der Waals surface area contributed by atoms with Crippen molar-refractivity contribution in [1.82, 2.24) is 0 Å². The molecule has 0 aliphatic heterocycles. The topological polar surface area (TPSA) is 13.1 Å². The van der Waals surface area contributed by atoms with Crippen molar-refractivity contribution in [3.63, 3.8) is 0 Å². The summed E-state index contributed by atoms with van der Waals surface area (Å²) in [5.74, 6) is 0. The monoisotopic (exact) mass is 620 g/mol. The minimum absolute atomic E-state index is 0.923. The summed E-state index contributed by atoms with van der Waals surface area (Å²) in [4.78, 5) is 0. The third-order valence-corrected chi connectivity index (χ3v) is 10.6. The molecule has 1 heterocycles. The van der Waals surface area contributed by atoms with E-state index >= 15 is 0 Å². The molecule has 0 unspecified atom stereocenters. The highest BCUT2D eigenvalue weighted by atomic mass is 16.3. The Labute approximate surface area is 282 Å². The molecule has 49 heavy (non-hydrogen) atoms. The summed E-state index contributed by atoms with van der Waals surface area (Å²) < 4.78 is 6.39. The van der Waals surface area contributed by atoms with Gasteiger partial charge in [0.1, 0.15) is 11.2 Å². The van der Waals surface area contributed by atoms with E-state index in [1.807, 2.05) is 6.07 Å². The summed E-state index contributed by atoms with van der Waals surface area (Å²) in [5.41, 5.74) is 6.90. The lowest BCUT2D eigenvalue weighted by atomic mass is 9.84. The first-order valence-electron chi connectivity index (χ1n) is 16.9. The fraction of sp³-hybridized carbons (Fsp3) is 0. The van der Waals surface area contributed by atoms with Crippen LogP contribution in [-0.2, 0) is 0 Å². The first kappa shape index (κ1) is 26.6. The lowest BCUT2D eigenvalue weighted by Gasteiger charge is -2.19. The van der Waals surface area contributed by atoms with Gasteiger partial charge in [-0.3, -0.25) is 0 Å². The second kappa shape index (κ2) is 10.0. The summed E-state index contributed by atoms with van der Waals surface area (Å²) in [6.07, 6.45) is 0. The van der Waals surface area contributed by atoms with Gasteiger partial charge in [-0.25, -0.2) is 0 Å². The Morgan fingerprint density at radius 3 is 1.55 bits per heavy atom. The third kappa shape index (κ3) is 3.70. The third-order valence-electron chi connectivity index (χ3n) is 10.6. The molecule has 0 bridgehead atoms. The van der Waals surface area contributed by atoms with Crippen LogP contribution in [0.5, 0.6) is 0 Å². The van der Waals surface area contributed by atoms with Crippen LogP contribution in [0, 0.1) is 0 Å². The van der Waals surface area contributed by atoms with Gasteiger partial charge in [0.25, 0.3) is 0 Å². The highest BCUT2D eigenvalue weighted by molar-refractivity contribution is 6.35. The molecule has 0 atom stereocenters. The van der Waals surface area contributed by atoms with Gasteiger partial charge in [-0.05, 0) is 106 Å². The summed E-state index contributed by atoms with van der Waals surface area (Å²) in [5, 5.41) is 17.5. The van der Waals surface area contributed by atoms with E-state index in [9.17, 15) is 0 Å². The van der Waals surface area contributed by atoms with Crippen LogP contribution in [0.15, 0.2) is 174 Å². The van der Waals surface area contributed by atoms with E-state index < -0.39 is 0 Å². The summed E-state index contributed by atoms with van der Waals surface area (Å²) in [6, 6.07) is 62.1. The number of para-hydroxylation sites is 1. The molecule has 11 rings (SSSR count). The minimum atomic E-state index is 0.923. The second-order valence-corrected chi connectivity index (χ2v) is 13.1. The fourth-order valence-corrected chi connectivity index (χ4v) is 8.59. The van der Waals surface area contributed by atoms with E-state index in [2.05, 4.69) is 164 Å². The van der Waals surface area contributed by atoms with Crippen LogP contribution in [0.25, 0.3) is 109 Å². The maximum atomic E-state index is 6.39. The Morgan fingerprint density at radius 1 is 0.286 bits per heavy atom. The van der Waals surface area contributed by atoms with Crippen molar-refractivity contribution in [2.45, 2.75) is 0 Å². The van der Waals surface area contributed by atoms with Gasteiger partial charge in [-0.2, -0.15) is 0 Å². The van der Waals surface area contributed by atoms with Gasteiger partial charge >= 0.3 is 0 Å². The van der Waals surface area contributed by atoms with Gasteiger partial charge in [0.2, 0.25) is 0 Å². The molecule has 0 saturated carbocycles. The Morgan fingerprint density at radius 2 is 0.816 bits per heavy atom. The number of furan rings is 1. The zero-order valence-electron chi connectivity index (χ0n) is 26.6. The van der Waals surface area contributed by atoms with Gasteiger partial charge in [0.05, 0.1) is 0 Å². The molecule has 11 aromatic rings. The van der Waals surface area contributed by atoms with Crippen molar-refractivity contribution in [2.75, 3.05) is 0 Å². The quantitative estimate of drug-likeness (QED) is 0.138. The van der Waals surface area contributed by atoms with Crippen molar-refractivity contribution >= 4 is 86.6 Å². The van der Waals surface area contributed by atoms with Gasteiger partial charge in [-0.15, -0.1) is 0 Å². The predicted octanol–water partition coefficient (Wildman–Crippen LogP) is 13.8. The number of hydrogen-bond acceptors (Lipinski definition) is 1. The van der Waals surface area contributed by atoms with Crippen LogP contribution in [0.3, 0.4) is 0 Å². The Bertz CT molecular complexity index is 3100. The van der Waals surface area contributed by atoms with Crippen molar-refractivity contribution in [2.24, 2.45) is 0 Å². The second-order valence-electron chi connectivity index (χ2n) is 13.1. The van der Waals surface area contributed by atoms with E-state index in [-0.39, 0.29) is 0 Å². The minimum Gasteiger partial charge on any atom is -0.456 e. The Kier molecular flexibility index (Phi) is 5.45. The van der Waals surface area contributed by atoms with E-state index in [1.54, 1.807) is 0 Å². The van der Waals surface area contributed by atoms with Crippen LogP contribution in [0.1, 0.15) is 0 Å². The van der Waals surface area contributed by atoms with E-state index in [4.69, 9.17) is 4.42 Å². The van der Waals surface area contributed by atoms with Crippen molar-refractivity contribution in [3.05, 3.63) is 170 Å². The van der Waals surface area contributed by atoms with Crippen LogP contribution in [0.2, 0.25) is 0 Å². The molecule has 0 amide bonds. The molecule has 10 aromatic carbocycles.